The summed E-state index contributed by atoms with van der Waals surface area (Å²) in [6, 6.07) is 43.2. The SMILES string of the molecule is CC1(C)OB(c2ccc(OCc3ccccc3)cc2N)OC1(C)C.COC(=O)c1ccc2c(C3CCCCC3)c(-c3ccc(OCc4ccccc4)cc3N)[nH]c2c1.COC(=O)c1ccc2c(C3CCCCC3)c(Br)[nH]c2c1. The van der Waals surface area contributed by atoms with Gasteiger partial charge in [-0.25, -0.2) is 9.59 Å². The number of nitrogen functional groups attached to an aromatic ring is 2. The van der Waals surface area contributed by atoms with Crippen molar-refractivity contribution < 1.29 is 37.8 Å². The number of aromatic amines is 2. The quantitative estimate of drug-likeness (QED) is 0.0524. The summed E-state index contributed by atoms with van der Waals surface area (Å²) in [7, 11) is 2.35. The van der Waals surface area contributed by atoms with Crippen LogP contribution in [-0.4, -0.2) is 54.4 Å². The third kappa shape index (κ3) is 12.8. The molecule has 1 saturated heterocycles. The van der Waals surface area contributed by atoms with Crippen LogP contribution in [0.3, 0.4) is 0 Å². The van der Waals surface area contributed by atoms with Crippen molar-refractivity contribution in [2.75, 3.05) is 25.7 Å². The molecule has 2 aliphatic carbocycles. The number of nitrogens with one attached hydrogen (secondary N) is 2. The lowest BCUT2D eigenvalue weighted by molar-refractivity contribution is 0.00578. The second-order valence-electron chi connectivity index (χ2n) is 21.6. The number of methoxy groups -OCH3 is 2. The number of aromatic nitrogens is 2. The molecule has 12 nitrogen and oxygen atoms in total. The Labute approximate surface area is 467 Å². The van der Waals surface area contributed by atoms with E-state index >= 15 is 0 Å². The van der Waals surface area contributed by atoms with E-state index in [2.05, 4.69) is 25.9 Å². The zero-order valence-corrected chi connectivity index (χ0v) is 47.3. The number of hydrogen-bond acceptors (Lipinski definition) is 10. The minimum Gasteiger partial charge on any atom is -0.489 e. The normalized spacial score (nSPS) is 16.2. The summed E-state index contributed by atoms with van der Waals surface area (Å²) in [5.41, 5.74) is 24.1. The molecule has 6 N–H and O–H groups in total. The highest BCUT2D eigenvalue weighted by atomic mass is 79.9. The van der Waals surface area contributed by atoms with Gasteiger partial charge in [-0.3, -0.25) is 0 Å². The highest BCUT2D eigenvalue weighted by Crippen LogP contribution is 2.45. The summed E-state index contributed by atoms with van der Waals surface area (Å²) in [4.78, 5) is 30.6. The number of nitrogens with two attached hydrogens (primary N) is 2. The highest BCUT2D eigenvalue weighted by Gasteiger charge is 2.52. The molecule has 0 bridgehead atoms. The summed E-state index contributed by atoms with van der Waals surface area (Å²) >= 11 is 3.65. The number of ether oxygens (including phenoxy) is 4. The highest BCUT2D eigenvalue weighted by molar-refractivity contribution is 9.10. The molecule has 0 amide bonds. The van der Waals surface area contributed by atoms with Crippen LogP contribution in [0.2, 0.25) is 0 Å². The van der Waals surface area contributed by atoms with E-state index in [0.717, 1.165) is 73.2 Å². The maximum Gasteiger partial charge on any atom is 0.496 e. The van der Waals surface area contributed by atoms with Gasteiger partial charge in [0.1, 0.15) is 24.7 Å². The second kappa shape index (κ2) is 24.8. The molecule has 0 spiro atoms. The molecule has 6 aromatic carbocycles. The minimum absolute atomic E-state index is 0.295. The Morgan fingerprint density at radius 1 is 0.577 bits per heavy atom. The number of carbonyl (C=O) groups is 2. The van der Waals surface area contributed by atoms with E-state index < -0.39 is 7.12 Å². The van der Waals surface area contributed by atoms with Crippen LogP contribution >= 0.6 is 15.9 Å². The molecule has 11 rings (SSSR count). The average molecular weight is 1120 g/mol. The topological polar surface area (TPSA) is 173 Å². The smallest absolute Gasteiger partial charge is 0.489 e. The Balaban J connectivity index is 0.000000148. The van der Waals surface area contributed by atoms with Gasteiger partial charge in [0.05, 0.1) is 46.8 Å². The molecule has 2 saturated carbocycles. The number of rotatable bonds is 12. The molecule has 406 valence electrons. The van der Waals surface area contributed by atoms with Crippen molar-refractivity contribution in [3.8, 4) is 22.8 Å². The first kappa shape index (κ1) is 55.7. The van der Waals surface area contributed by atoms with Gasteiger partial charge in [-0.1, -0.05) is 117 Å². The first-order valence-electron chi connectivity index (χ1n) is 27.2. The van der Waals surface area contributed by atoms with Gasteiger partial charge in [0, 0.05) is 56.3 Å². The summed E-state index contributed by atoms with van der Waals surface area (Å²) in [6.07, 6.45) is 12.6. The number of halogens is 1. The lowest BCUT2D eigenvalue weighted by atomic mass is 9.78. The Hall–Kier alpha value is -7.00. The fourth-order valence-electron chi connectivity index (χ4n) is 10.9. The van der Waals surface area contributed by atoms with Crippen LogP contribution in [0.4, 0.5) is 11.4 Å². The Morgan fingerprint density at radius 2 is 1.04 bits per heavy atom. The molecular formula is C64H72BBrN4O8. The van der Waals surface area contributed by atoms with E-state index in [-0.39, 0.29) is 23.1 Å². The minimum atomic E-state index is -0.460. The Morgan fingerprint density at radius 3 is 1.53 bits per heavy atom. The second-order valence-corrected chi connectivity index (χ2v) is 22.4. The molecule has 14 heteroatoms. The van der Waals surface area contributed by atoms with Crippen molar-refractivity contribution in [3.05, 3.63) is 171 Å². The number of fused-ring (bicyclic) bond motifs is 2. The van der Waals surface area contributed by atoms with Crippen LogP contribution in [0.25, 0.3) is 33.1 Å². The van der Waals surface area contributed by atoms with Crippen molar-refractivity contribution in [1.29, 1.82) is 0 Å². The van der Waals surface area contributed by atoms with Crippen LogP contribution in [-0.2, 0) is 32.0 Å². The van der Waals surface area contributed by atoms with Gasteiger partial charge in [0.2, 0.25) is 0 Å². The van der Waals surface area contributed by atoms with Crippen LogP contribution < -0.4 is 26.4 Å². The van der Waals surface area contributed by atoms with Gasteiger partial charge in [-0.2, -0.15) is 0 Å². The fourth-order valence-corrected chi connectivity index (χ4v) is 11.6. The van der Waals surface area contributed by atoms with Crippen molar-refractivity contribution in [3.63, 3.8) is 0 Å². The van der Waals surface area contributed by atoms with Crippen molar-refractivity contribution in [2.45, 2.75) is 128 Å². The monoisotopic (exact) mass is 1110 g/mol. The van der Waals surface area contributed by atoms with Gasteiger partial charge in [0.25, 0.3) is 0 Å². The lowest BCUT2D eigenvalue weighted by Crippen LogP contribution is -2.41. The standard InChI is InChI=1S/C29H30N2O3.C19H24BNO3.C16H18BrNO2/c1-33-29(32)21-12-14-24-26(16-21)31-28(27(24)20-10-6-3-7-11-20)23-15-13-22(17-25(23)30)34-18-19-8-4-2-5-9-19;1-18(2)19(3,4)24-20(23-18)16-11-10-15(12-17(16)21)22-13-14-8-6-5-7-9-14;1-20-16(19)11-7-8-12-13(9-11)18-15(17)14(12)10-5-3-2-4-6-10/h2,4-5,8-9,12-17,20,31H,3,6-7,10-11,18,30H2,1H3;5-12H,13,21H2,1-4H3;7-10,18H,2-6H2,1H3. The zero-order valence-electron chi connectivity index (χ0n) is 45.7. The third-order valence-electron chi connectivity index (χ3n) is 15.9. The molecule has 0 atom stereocenters. The van der Waals surface area contributed by atoms with Gasteiger partial charge in [0.15, 0.2) is 0 Å². The van der Waals surface area contributed by atoms with Crippen molar-refractivity contribution in [1.82, 2.24) is 9.97 Å². The molecule has 3 fully saturated rings. The molecule has 3 aliphatic rings. The maximum atomic E-state index is 12.1. The summed E-state index contributed by atoms with van der Waals surface area (Å²) in [5, 5.41) is 2.37. The lowest BCUT2D eigenvalue weighted by Gasteiger charge is -2.32. The zero-order chi connectivity index (χ0) is 55.0. The molecule has 1 aliphatic heterocycles. The van der Waals surface area contributed by atoms with E-state index in [0.29, 0.717) is 47.6 Å². The first-order chi connectivity index (χ1) is 37.6. The average Bonchev–Trinajstić information content (AvgIpc) is 4.31. The molecule has 0 radical (unpaired) electrons. The summed E-state index contributed by atoms with van der Waals surface area (Å²) in [6.45, 7) is 9.12. The summed E-state index contributed by atoms with van der Waals surface area (Å²) in [5.74, 6) is 1.93. The predicted molar refractivity (Wildman–Crippen MR) is 317 cm³/mol. The largest absolute Gasteiger partial charge is 0.496 e. The molecule has 8 aromatic rings. The Kier molecular flexibility index (Phi) is 17.7. The van der Waals surface area contributed by atoms with Gasteiger partial charge >= 0.3 is 19.1 Å². The third-order valence-corrected chi connectivity index (χ3v) is 16.5. The van der Waals surface area contributed by atoms with E-state index in [1.54, 1.807) is 0 Å². The van der Waals surface area contributed by atoms with Crippen molar-refractivity contribution >= 4 is 73.6 Å². The maximum absolute atomic E-state index is 12.1. The molecule has 78 heavy (non-hydrogen) atoms. The first-order valence-corrected chi connectivity index (χ1v) is 28.0. The van der Waals surface area contributed by atoms with Crippen LogP contribution in [0.15, 0.2) is 138 Å². The number of benzene rings is 6. The van der Waals surface area contributed by atoms with E-state index in [9.17, 15) is 9.59 Å². The van der Waals surface area contributed by atoms with Gasteiger partial charge < -0.3 is 49.7 Å². The Bertz CT molecular complexity index is 3330. The number of hydrogen-bond donors (Lipinski definition) is 4. The van der Waals surface area contributed by atoms with Gasteiger partial charge in [-0.15, -0.1) is 0 Å². The van der Waals surface area contributed by atoms with Crippen LogP contribution in [0.5, 0.6) is 11.5 Å². The number of anilines is 2. The van der Waals surface area contributed by atoms with E-state index in [1.807, 2.05) is 161 Å². The fraction of sp³-hybridized carbons (Fsp3) is 0.344. The molecule has 2 aromatic heterocycles. The van der Waals surface area contributed by atoms with E-state index in [4.69, 9.17) is 39.7 Å². The summed E-state index contributed by atoms with van der Waals surface area (Å²) < 4.78 is 34.7. The van der Waals surface area contributed by atoms with Crippen molar-refractivity contribution in [2.24, 2.45) is 0 Å². The number of esters is 2. The molecule has 0 unspecified atom stereocenters. The molecule has 3 heterocycles. The molecular weight excluding hydrogens is 1040 g/mol. The van der Waals surface area contributed by atoms with E-state index in [1.165, 1.54) is 82.1 Å². The van der Waals surface area contributed by atoms with Gasteiger partial charge in [-0.05, 0) is 146 Å². The number of H-pyrrole nitrogens is 2. The van der Waals surface area contributed by atoms with Crippen LogP contribution in [0, 0.1) is 0 Å². The van der Waals surface area contributed by atoms with Crippen LogP contribution in [0.1, 0.15) is 147 Å². The number of carbonyl (C=O) groups excluding carboxylic acids is 2. The predicted octanol–water partition coefficient (Wildman–Crippen LogP) is 14.7.